The molecule has 1 aromatic rings. The van der Waals surface area contributed by atoms with E-state index in [1.165, 1.54) is 12.3 Å². The van der Waals surface area contributed by atoms with Crippen molar-refractivity contribution in [1.82, 2.24) is 4.98 Å². The van der Waals surface area contributed by atoms with Gasteiger partial charge in [0.05, 0.1) is 5.02 Å². The van der Waals surface area contributed by atoms with Crippen molar-refractivity contribution in [1.29, 1.82) is 0 Å². The Kier molecular flexibility index (Phi) is 4.07. The Labute approximate surface area is 86.7 Å². The van der Waals surface area contributed by atoms with E-state index >= 15 is 0 Å². The maximum Gasteiger partial charge on any atom is 0.214 e. The summed E-state index contributed by atoms with van der Waals surface area (Å²) in [7, 11) is 0. The summed E-state index contributed by atoms with van der Waals surface area (Å²) in [5, 5.41) is 0.369. The maximum atomic E-state index is 12.6. The fourth-order valence-corrected chi connectivity index (χ4v) is 0.985. The fraction of sp³-hybridized carbons (Fsp3) is 0.222. The van der Waals surface area contributed by atoms with Crippen LogP contribution in [0.1, 0.15) is 12.0 Å². The number of thiol groups is 1. The first kappa shape index (κ1) is 10.4. The molecule has 0 atom stereocenters. The predicted molar refractivity (Wildman–Crippen MR) is 54.6 cm³/mol. The lowest BCUT2D eigenvalue weighted by Crippen LogP contribution is -1.85. The van der Waals surface area contributed by atoms with Gasteiger partial charge in [0.1, 0.15) is 0 Å². The monoisotopic (exact) mass is 215 g/mol. The quantitative estimate of drug-likeness (QED) is 0.432. The van der Waals surface area contributed by atoms with Crippen LogP contribution in [0.3, 0.4) is 0 Å². The van der Waals surface area contributed by atoms with Crippen molar-refractivity contribution in [2.24, 2.45) is 0 Å². The van der Waals surface area contributed by atoms with Crippen LogP contribution < -0.4 is 0 Å². The summed E-state index contributed by atoms with van der Waals surface area (Å²) in [5.41, 5.74) is 0.468. The van der Waals surface area contributed by atoms with E-state index in [0.717, 1.165) is 0 Å². The van der Waals surface area contributed by atoms with Gasteiger partial charge in [0.15, 0.2) is 0 Å². The number of hydrogen-bond donors (Lipinski definition) is 1. The summed E-state index contributed by atoms with van der Waals surface area (Å²) in [4.78, 5) is 3.39. The van der Waals surface area contributed by atoms with Crippen molar-refractivity contribution in [3.05, 3.63) is 28.8 Å². The fourth-order valence-electron chi connectivity index (χ4n) is 0.723. The molecule has 0 N–H and O–H groups in total. The van der Waals surface area contributed by atoms with Crippen LogP contribution in [0, 0.1) is 17.8 Å². The second-order valence-electron chi connectivity index (χ2n) is 2.26. The SMILES string of the molecule is Fc1cc(C#CCCS)c(Cl)cn1. The second kappa shape index (κ2) is 5.11. The van der Waals surface area contributed by atoms with Gasteiger partial charge in [0.2, 0.25) is 5.95 Å². The van der Waals surface area contributed by atoms with Crippen molar-refractivity contribution in [2.75, 3.05) is 5.75 Å². The molecule has 1 aromatic heterocycles. The molecular weight excluding hydrogens is 209 g/mol. The minimum atomic E-state index is -0.570. The zero-order chi connectivity index (χ0) is 9.68. The minimum Gasteiger partial charge on any atom is -0.227 e. The largest absolute Gasteiger partial charge is 0.227 e. The van der Waals surface area contributed by atoms with E-state index < -0.39 is 5.95 Å². The molecule has 0 aliphatic rings. The molecule has 0 radical (unpaired) electrons. The van der Waals surface area contributed by atoms with Crippen LogP contribution in [-0.4, -0.2) is 10.7 Å². The molecule has 0 spiro atoms. The summed E-state index contributed by atoms with van der Waals surface area (Å²) in [6, 6.07) is 1.22. The topological polar surface area (TPSA) is 12.9 Å². The standard InChI is InChI=1S/C9H7ClFNS/c10-8-6-12-9(11)5-7(8)3-1-2-4-13/h5-6,13H,2,4H2. The smallest absolute Gasteiger partial charge is 0.214 e. The average molecular weight is 216 g/mol. The van der Waals surface area contributed by atoms with Gasteiger partial charge in [-0.1, -0.05) is 23.4 Å². The Morgan fingerprint density at radius 1 is 1.62 bits per heavy atom. The van der Waals surface area contributed by atoms with Crippen LogP contribution in [0.5, 0.6) is 0 Å². The Balaban J connectivity index is 2.89. The highest BCUT2D eigenvalue weighted by atomic mass is 35.5. The number of halogens is 2. The molecule has 0 aromatic carbocycles. The molecular formula is C9H7ClFNS. The molecule has 0 saturated carbocycles. The summed E-state index contributed by atoms with van der Waals surface area (Å²) in [6.07, 6.45) is 1.91. The third kappa shape index (κ3) is 3.25. The number of hydrogen-bond acceptors (Lipinski definition) is 2. The van der Waals surface area contributed by atoms with Gasteiger partial charge in [-0.3, -0.25) is 0 Å². The number of nitrogens with zero attached hydrogens (tertiary/aromatic N) is 1. The predicted octanol–water partition coefficient (Wildman–Crippen LogP) is 2.55. The van der Waals surface area contributed by atoms with Gasteiger partial charge in [-0.2, -0.15) is 17.0 Å². The normalized spacial score (nSPS) is 9.15. The molecule has 0 bridgehead atoms. The molecule has 0 saturated heterocycles. The van der Waals surface area contributed by atoms with Crippen LogP contribution in [0.4, 0.5) is 4.39 Å². The maximum absolute atomic E-state index is 12.6. The summed E-state index contributed by atoms with van der Waals surface area (Å²) in [6.45, 7) is 0. The molecule has 1 rings (SSSR count). The lowest BCUT2D eigenvalue weighted by atomic mass is 10.2. The van der Waals surface area contributed by atoms with Gasteiger partial charge in [0.25, 0.3) is 0 Å². The van der Waals surface area contributed by atoms with Crippen LogP contribution in [-0.2, 0) is 0 Å². The van der Waals surface area contributed by atoms with Crippen molar-refractivity contribution < 1.29 is 4.39 Å². The van der Waals surface area contributed by atoms with E-state index in [0.29, 0.717) is 22.8 Å². The second-order valence-corrected chi connectivity index (χ2v) is 3.12. The first-order chi connectivity index (χ1) is 6.24. The van der Waals surface area contributed by atoms with E-state index in [9.17, 15) is 4.39 Å². The van der Waals surface area contributed by atoms with Gasteiger partial charge in [-0.05, 0) is 0 Å². The zero-order valence-corrected chi connectivity index (χ0v) is 8.37. The highest BCUT2D eigenvalue weighted by Gasteiger charge is 1.98. The van der Waals surface area contributed by atoms with Crippen molar-refractivity contribution in [3.63, 3.8) is 0 Å². The highest BCUT2D eigenvalue weighted by Crippen LogP contribution is 2.13. The first-order valence-electron chi connectivity index (χ1n) is 3.65. The Morgan fingerprint density at radius 2 is 2.38 bits per heavy atom. The Bertz CT molecular complexity index is 356. The third-order valence-electron chi connectivity index (χ3n) is 1.28. The van der Waals surface area contributed by atoms with Crippen LogP contribution >= 0.6 is 24.2 Å². The molecule has 68 valence electrons. The van der Waals surface area contributed by atoms with Crippen LogP contribution in [0.15, 0.2) is 12.3 Å². The molecule has 0 aliphatic heterocycles. The number of rotatable bonds is 1. The van der Waals surface area contributed by atoms with Gasteiger partial charge in [-0.25, -0.2) is 4.98 Å². The van der Waals surface area contributed by atoms with E-state index in [1.807, 2.05) is 0 Å². The number of aromatic nitrogens is 1. The Hall–Kier alpha value is -0.720. The molecule has 1 heterocycles. The van der Waals surface area contributed by atoms with Gasteiger partial charge < -0.3 is 0 Å². The average Bonchev–Trinajstić information content (AvgIpc) is 2.11. The van der Waals surface area contributed by atoms with E-state index in [4.69, 9.17) is 11.6 Å². The Morgan fingerprint density at radius 3 is 3.08 bits per heavy atom. The summed E-state index contributed by atoms with van der Waals surface area (Å²) < 4.78 is 12.6. The van der Waals surface area contributed by atoms with Gasteiger partial charge >= 0.3 is 0 Å². The lowest BCUT2D eigenvalue weighted by Gasteiger charge is -1.93. The molecule has 0 amide bonds. The van der Waals surface area contributed by atoms with Crippen molar-refractivity contribution >= 4 is 24.2 Å². The molecule has 0 aliphatic carbocycles. The van der Waals surface area contributed by atoms with Crippen LogP contribution in [0.25, 0.3) is 0 Å². The molecule has 4 heteroatoms. The van der Waals surface area contributed by atoms with E-state index in [-0.39, 0.29) is 0 Å². The van der Waals surface area contributed by atoms with Gasteiger partial charge in [-0.15, -0.1) is 0 Å². The molecule has 13 heavy (non-hydrogen) atoms. The first-order valence-corrected chi connectivity index (χ1v) is 4.66. The molecule has 1 nitrogen and oxygen atoms in total. The lowest BCUT2D eigenvalue weighted by molar-refractivity contribution is 0.583. The van der Waals surface area contributed by atoms with E-state index in [1.54, 1.807) is 0 Å². The third-order valence-corrected chi connectivity index (χ3v) is 1.81. The van der Waals surface area contributed by atoms with Crippen molar-refractivity contribution in [2.45, 2.75) is 6.42 Å². The number of pyridine rings is 1. The zero-order valence-electron chi connectivity index (χ0n) is 6.72. The molecule has 0 unspecified atom stereocenters. The van der Waals surface area contributed by atoms with E-state index in [2.05, 4.69) is 29.5 Å². The van der Waals surface area contributed by atoms with Crippen LogP contribution in [0.2, 0.25) is 5.02 Å². The van der Waals surface area contributed by atoms with Gasteiger partial charge in [0, 0.05) is 30.0 Å². The van der Waals surface area contributed by atoms with Crippen molar-refractivity contribution in [3.8, 4) is 11.8 Å². The minimum absolute atomic E-state index is 0.369. The summed E-state index contributed by atoms with van der Waals surface area (Å²) in [5.74, 6) is 5.67. The molecule has 0 fully saturated rings. The highest BCUT2D eigenvalue weighted by molar-refractivity contribution is 7.80. The summed E-state index contributed by atoms with van der Waals surface area (Å²) >= 11 is 9.72.